The highest BCUT2D eigenvalue weighted by molar-refractivity contribution is 8.00. The quantitative estimate of drug-likeness (QED) is 0.668. The van der Waals surface area contributed by atoms with Gasteiger partial charge in [-0.1, -0.05) is 23.7 Å². The largest absolute Gasteiger partial charge is 0.302 e. The molecule has 1 aliphatic carbocycles. The Bertz CT molecular complexity index is 840. The summed E-state index contributed by atoms with van der Waals surface area (Å²) in [5.74, 6) is 2.38. The van der Waals surface area contributed by atoms with Crippen molar-refractivity contribution in [2.75, 3.05) is 0 Å². The highest BCUT2D eigenvalue weighted by Crippen LogP contribution is 2.40. The molecule has 0 saturated heterocycles. The minimum Gasteiger partial charge on any atom is -0.302 e. The Morgan fingerprint density at radius 2 is 2.22 bits per heavy atom. The molecule has 0 spiro atoms. The summed E-state index contributed by atoms with van der Waals surface area (Å²) in [6.07, 6.45) is 2.43. The third kappa shape index (κ3) is 3.13. The van der Waals surface area contributed by atoms with Gasteiger partial charge >= 0.3 is 0 Å². The van der Waals surface area contributed by atoms with E-state index in [0.717, 1.165) is 33.3 Å². The van der Waals surface area contributed by atoms with Crippen molar-refractivity contribution in [2.45, 2.75) is 41.7 Å². The first-order chi connectivity index (χ1) is 11.2. The highest BCUT2D eigenvalue weighted by Gasteiger charge is 2.28. The minimum absolute atomic E-state index is 0.576. The third-order valence-electron chi connectivity index (χ3n) is 3.66. The smallest absolute Gasteiger partial charge is 0.198 e. The van der Waals surface area contributed by atoms with E-state index < -0.39 is 0 Å². The molecule has 0 unspecified atom stereocenters. The maximum Gasteiger partial charge on any atom is 0.198 e. The summed E-state index contributed by atoms with van der Waals surface area (Å²) >= 11 is 9.05. The van der Waals surface area contributed by atoms with E-state index in [4.69, 9.17) is 11.6 Å². The zero-order valence-corrected chi connectivity index (χ0v) is 14.8. The zero-order chi connectivity index (χ0) is 15.8. The fraction of sp³-hybridized carbons (Fsp3) is 0.333. The highest BCUT2D eigenvalue weighted by atomic mass is 35.5. The van der Waals surface area contributed by atoms with Crippen LogP contribution in [-0.2, 0) is 6.54 Å². The van der Waals surface area contributed by atoms with E-state index in [0.29, 0.717) is 10.9 Å². The lowest BCUT2D eigenvalue weighted by Gasteiger charge is -2.06. The normalized spacial score (nSPS) is 14.3. The van der Waals surface area contributed by atoms with E-state index in [1.165, 1.54) is 36.1 Å². The summed E-state index contributed by atoms with van der Waals surface area (Å²) in [6.45, 7) is 2.86. The number of nitrogens with zero attached hydrogens (tertiary/aromatic N) is 5. The monoisotopic (exact) mass is 363 g/mol. The molecule has 23 heavy (non-hydrogen) atoms. The molecule has 4 rings (SSSR count). The molecule has 1 saturated carbocycles. The molecule has 5 nitrogen and oxygen atoms in total. The minimum atomic E-state index is 0.576. The van der Waals surface area contributed by atoms with Crippen LogP contribution >= 0.6 is 34.9 Å². The molecule has 0 aliphatic heterocycles. The van der Waals surface area contributed by atoms with Gasteiger partial charge in [-0.3, -0.25) is 0 Å². The van der Waals surface area contributed by atoms with Gasteiger partial charge in [0.25, 0.3) is 0 Å². The molecular formula is C15H14ClN5S2. The molecule has 2 aromatic heterocycles. The molecule has 0 N–H and O–H groups in total. The first kappa shape index (κ1) is 15.1. The van der Waals surface area contributed by atoms with Crippen LogP contribution in [0.3, 0.4) is 0 Å². The topological polar surface area (TPSA) is 56.5 Å². The van der Waals surface area contributed by atoms with Gasteiger partial charge in [0.1, 0.15) is 5.82 Å². The summed E-state index contributed by atoms with van der Waals surface area (Å²) in [4.78, 5) is 4.61. The molecule has 0 radical (unpaired) electrons. The summed E-state index contributed by atoms with van der Waals surface area (Å²) in [7, 11) is 0. The van der Waals surface area contributed by atoms with Crippen molar-refractivity contribution in [3.63, 3.8) is 0 Å². The van der Waals surface area contributed by atoms with Crippen LogP contribution in [0.25, 0.3) is 11.4 Å². The van der Waals surface area contributed by atoms with E-state index in [9.17, 15) is 0 Å². The van der Waals surface area contributed by atoms with Gasteiger partial charge in [0.15, 0.2) is 15.3 Å². The Labute approximate surface area is 147 Å². The van der Waals surface area contributed by atoms with Gasteiger partial charge in [0.2, 0.25) is 0 Å². The molecule has 3 aromatic rings. The second-order valence-electron chi connectivity index (χ2n) is 5.36. The van der Waals surface area contributed by atoms with Crippen LogP contribution in [0.1, 0.15) is 31.5 Å². The first-order valence-electron chi connectivity index (χ1n) is 7.45. The Balaban J connectivity index is 1.63. The molecule has 1 aromatic carbocycles. The Morgan fingerprint density at radius 3 is 2.96 bits per heavy atom. The van der Waals surface area contributed by atoms with E-state index in [2.05, 4.69) is 31.0 Å². The second-order valence-corrected chi connectivity index (χ2v) is 7.76. The lowest BCUT2D eigenvalue weighted by molar-refractivity contribution is 0.687. The summed E-state index contributed by atoms with van der Waals surface area (Å²) in [5.41, 5.74) is 0.967. The molecule has 1 fully saturated rings. The molecular weight excluding hydrogens is 350 g/mol. The Hall–Kier alpha value is -1.44. The number of rotatable bonds is 5. The van der Waals surface area contributed by atoms with Crippen molar-refractivity contribution >= 4 is 34.9 Å². The maximum absolute atomic E-state index is 6.09. The van der Waals surface area contributed by atoms with E-state index in [1.54, 1.807) is 0 Å². The van der Waals surface area contributed by atoms with Gasteiger partial charge < -0.3 is 4.57 Å². The van der Waals surface area contributed by atoms with Crippen LogP contribution in [0.4, 0.5) is 0 Å². The zero-order valence-electron chi connectivity index (χ0n) is 12.4. The molecule has 1 aliphatic rings. The first-order valence-corrected chi connectivity index (χ1v) is 9.42. The van der Waals surface area contributed by atoms with Crippen LogP contribution < -0.4 is 0 Å². The fourth-order valence-corrected chi connectivity index (χ4v) is 4.21. The van der Waals surface area contributed by atoms with Gasteiger partial charge in [-0.25, -0.2) is 4.98 Å². The molecule has 0 atom stereocenters. The summed E-state index contributed by atoms with van der Waals surface area (Å²) < 4.78 is 7.44. The molecule has 8 heteroatoms. The van der Waals surface area contributed by atoms with Crippen molar-refractivity contribution in [1.29, 1.82) is 0 Å². The average molecular weight is 364 g/mol. The fourth-order valence-electron chi connectivity index (χ4n) is 2.34. The third-order valence-corrected chi connectivity index (χ3v) is 5.65. The van der Waals surface area contributed by atoms with Gasteiger partial charge in [0, 0.05) is 23.0 Å². The van der Waals surface area contributed by atoms with E-state index >= 15 is 0 Å². The van der Waals surface area contributed by atoms with Crippen LogP contribution in [-0.4, -0.2) is 24.1 Å². The van der Waals surface area contributed by atoms with Gasteiger partial charge in [-0.05, 0) is 55.2 Å². The molecule has 0 bridgehead atoms. The lowest BCUT2D eigenvalue weighted by Crippen LogP contribution is -1.99. The van der Waals surface area contributed by atoms with Crippen molar-refractivity contribution in [2.24, 2.45) is 0 Å². The molecule has 2 heterocycles. The Kier molecular flexibility index (Phi) is 4.09. The summed E-state index contributed by atoms with van der Waals surface area (Å²) in [6, 6.07) is 7.68. The van der Waals surface area contributed by atoms with Crippen molar-refractivity contribution in [3.05, 3.63) is 35.1 Å². The molecule has 0 amide bonds. The van der Waals surface area contributed by atoms with Crippen LogP contribution in [0.2, 0.25) is 5.02 Å². The lowest BCUT2D eigenvalue weighted by atomic mass is 10.2. The van der Waals surface area contributed by atoms with Crippen LogP contribution in [0.15, 0.2) is 33.8 Å². The van der Waals surface area contributed by atoms with Gasteiger partial charge in [-0.15, -0.1) is 10.2 Å². The number of hydrogen-bond acceptors (Lipinski definition) is 6. The number of halogens is 1. The maximum atomic E-state index is 6.09. The van der Waals surface area contributed by atoms with E-state index in [-0.39, 0.29) is 0 Å². The predicted octanol–water partition coefficient (Wildman–Crippen LogP) is 4.50. The van der Waals surface area contributed by atoms with Crippen LogP contribution in [0.5, 0.6) is 0 Å². The number of aromatic nitrogens is 5. The average Bonchev–Trinajstić information content (AvgIpc) is 3.16. The predicted molar refractivity (Wildman–Crippen MR) is 92.1 cm³/mol. The van der Waals surface area contributed by atoms with Crippen molar-refractivity contribution in [3.8, 4) is 11.4 Å². The van der Waals surface area contributed by atoms with E-state index in [1.807, 2.05) is 24.3 Å². The SMILES string of the molecule is CCn1c(Sc2nc(C3CC3)ns2)nnc1-c1cccc(Cl)c1. The van der Waals surface area contributed by atoms with Gasteiger partial charge in [0.05, 0.1) is 0 Å². The summed E-state index contributed by atoms with van der Waals surface area (Å²) in [5, 5.41) is 10.2. The molecule has 118 valence electrons. The Morgan fingerprint density at radius 1 is 1.35 bits per heavy atom. The van der Waals surface area contributed by atoms with Crippen molar-refractivity contribution in [1.82, 2.24) is 24.1 Å². The standard InChI is InChI=1S/C15H14ClN5S2/c1-2-21-13(10-4-3-5-11(16)8-10)18-19-14(21)22-15-17-12(20-23-15)9-6-7-9/h3-5,8-9H,2,6-7H2,1H3. The van der Waals surface area contributed by atoms with Gasteiger partial charge in [-0.2, -0.15) is 4.37 Å². The number of benzene rings is 1. The van der Waals surface area contributed by atoms with Crippen molar-refractivity contribution < 1.29 is 0 Å². The number of hydrogen-bond donors (Lipinski definition) is 0. The van der Waals surface area contributed by atoms with Crippen LogP contribution in [0, 0.1) is 0 Å². The second kappa shape index (κ2) is 6.22.